The van der Waals surface area contributed by atoms with E-state index in [9.17, 15) is 14.4 Å². The van der Waals surface area contributed by atoms with Crippen LogP contribution in [0.5, 0.6) is 0 Å². The van der Waals surface area contributed by atoms with Crippen molar-refractivity contribution in [2.24, 2.45) is 18.4 Å². The van der Waals surface area contributed by atoms with E-state index in [2.05, 4.69) is 16.7 Å². The molecule has 7 nitrogen and oxygen atoms in total. The predicted molar refractivity (Wildman–Crippen MR) is 105 cm³/mol. The topological polar surface area (TPSA) is 85.1 Å². The minimum absolute atomic E-state index is 0.194. The number of aromatic nitrogens is 2. The third-order valence-electron chi connectivity index (χ3n) is 6.97. The van der Waals surface area contributed by atoms with E-state index in [1.165, 1.54) is 25.9 Å². The number of hydrogen-bond acceptors (Lipinski definition) is 4. The van der Waals surface area contributed by atoms with Gasteiger partial charge in [-0.15, -0.1) is 0 Å². The van der Waals surface area contributed by atoms with Crippen LogP contribution in [0, 0.1) is 11.3 Å². The van der Waals surface area contributed by atoms with Crippen molar-refractivity contribution in [3.8, 4) is 0 Å². The summed E-state index contributed by atoms with van der Waals surface area (Å²) in [5.74, 6) is 0.117. The van der Waals surface area contributed by atoms with Crippen LogP contribution in [0.15, 0.2) is 23.0 Å². The number of para-hydroxylation sites is 1. The molecule has 3 fully saturated rings. The molecule has 1 unspecified atom stereocenters. The second-order valence-electron chi connectivity index (χ2n) is 8.88. The van der Waals surface area contributed by atoms with Crippen molar-refractivity contribution in [3.63, 3.8) is 0 Å². The van der Waals surface area contributed by atoms with Gasteiger partial charge in [0.25, 0.3) is 0 Å². The van der Waals surface area contributed by atoms with Crippen LogP contribution in [0.2, 0.25) is 0 Å². The van der Waals surface area contributed by atoms with Crippen LogP contribution in [-0.2, 0) is 23.1 Å². The lowest BCUT2D eigenvalue weighted by Crippen LogP contribution is -2.60. The molecule has 1 aliphatic carbocycles. The molecule has 2 N–H and O–H groups in total. The van der Waals surface area contributed by atoms with E-state index in [1.54, 1.807) is 16.2 Å². The zero-order valence-electron chi connectivity index (χ0n) is 16.2. The summed E-state index contributed by atoms with van der Waals surface area (Å²) in [5.41, 5.74) is 3.25. The molecule has 0 radical (unpaired) electrons. The van der Waals surface area contributed by atoms with Crippen molar-refractivity contribution >= 4 is 22.8 Å². The third kappa shape index (κ3) is 2.64. The summed E-state index contributed by atoms with van der Waals surface area (Å²) in [7, 11) is 1.77. The van der Waals surface area contributed by atoms with Gasteiger partial charge in [-0.1, -0.05) is 12.1 Å². The molecule has 148 valence electrons. The summed E-state index contributed by atoms with van der Waals surface area (Å²) in [6.07, 6.45) is 5.33. The number of fused-ring (bicyclic) bond motifs is 1. The van der Waals surface area contributed by atoms with Crippen LogP contribution in [0.1, 0.15) is 43.7 Å². The molecular weight excluding hydrogens is 356 g/mol. The lowest BCUT2D eigenvalue weighted by molar-refractivity contribution is -0.135. The van der Waals surface area contributed by atoms with Gasteiger partial charge in [-0.2, -0.15) is 0 Å². The number of hydrogen-bond donors (Lipinski definition) is 2. The van der Waals surface area contributed by atoms with E-state index < -0.39 is 6.04 Å². The summed E-state index contributed by atoms with van der Waals surface area (Å²) in [4.78, 5) is 36.8. The summed E-state index contributed by atoms with van der Waals surface area (Å²) < 4.78 is 3.23. The predicted octanol–water partition coefficient (Wildman–Crippen LogP) is 1.25. The van der Waals surface area contributed by atoms with Crippen molar-refractivity contribution in [2.75, 3.05) is 13.1 Å². The second-order valence-corrected chi connectivity index (χ2v) is 8.88. The molecule has 1 aromatic carbocycles. The van der Waals surface area contributed by atoms with Gasteiger partial charge in [-0.05, 0) is 55.1 Å². The molecule has 1 spiro atoms. The maximum absolute atomic E-state index is 13.0. The van der Waals surface area contributed by atoms with Gasteiger partial charge in [-0.25, -0.2) is 4.79 Å². The van der Waals surface area contributed by atoms with Gasteiger partial charge in [0, 0.05) is 26.6 Å². The number of imidazole rings is 1. The van der Waals surface area contributed by atoms with Gasteiger partial charge in [0.2, 0.25) is 11.8 Å². The Hall–Kier alpha value is -2.41. The van der Waals surface area contributed by atoms with Gasteiger partial charge >= 0.3 is 5.69 Å². The van der Waals surface area contributed by atoms with E-state index in [0.717, 1.165) is 35.4 Å². The highest BCUT2D eigenvalue weighted by atomic mass is 16.2. The van der Waals surface area contributed by atoms with Crippen LogP contribution < -0.4 is 16.3 Å². The van der Waals surface area contributed by atoms with E-state index >= 15 is 0 Å². The summed E-state index contributed by atoms with van der Waals surface area (Å²) in [6, 6.07) is 5.34. The largest absolute Gasteiger partial charge is 0.329 e. The highest BCUT2D eigenvalue weighted by molar-refractivity contribution is 6.00. The zero-order chi connectivity index (χ0) is 19.5. The minimum atomic E-state index is -0.623. The van der Waals surface area contributed by atoms with Crippen LogP contribution in [-0.4, -0.2) is 34.0 Å². The molecule has 1 atom stereocenters. The fourth-order valence-electron chi connectivity index (χ4n) is 5.45. The Morgan fingerprint density at radius 1 is 1.18 bits per heavy atom. The Labute approximate surface area is 163 Å². The highest BCUT2D eigenvalue weighted by Gasteiger charge is 2.47. The normalized spacial score (nSPS) is 24.2. The van der Waals surface area contributed by atoms with Gasteiger partial charge in [0.1, 0.15) is 6.04 Å². The summed E-state index contributed by atoms with van der Waals surface area (Å²) in [6.45, 7) is 2.34. The number of carbonyl (C=O) groups is 2. The second kappa shape index (κ2) is 6.30. The molecule has 2 amide bonds. The molecule has 3 heterocycles. The summed E-state index contributed by atoms with van der Waals surface area (Å²) in [5, 5.41) is 5.75. The lowest BCUT2D eigenvalue weighted by Gasteiger charge is -2.54. The van der Waals surface area contributed by atoms with Gasteiger partial charge < -0.3 is 5.32 Å². The van der Waals surface area contributed by atoms with Gasteiger partial charge in [-0.3, -0.25) is 24.0 Å². The average Bonchev–Trinajstić information content (AvgIpc) is 2.85. The van der Waals surface area contributed by atoms with Crippen LogP contribution >= 0.6 is 0 Å². The molecule has 1 saturated carbocycles. The molecule has 2 aliphatic heterocycles. The fraction of sp³-hybridized carbons (Fsp3) is 0.571. The molecule has 3 aliphatic rings. The van der Waals surface area contributed by atoms with E-state index in [4.69, 9.17) is 0 Å². The molecule has 1 aromatic heterocycles. The minimum Gasteiger partial charge on any atom is -0.316 e. The number of nitrogens with zero attached hydrogens (tertiary/aromatic N) is 2. The molecule has 2 aromatic rings. The molecule has 0 bridgehead atoms. The number of carbonyl (C=O) groups excluding carboxylic acids is 2. The Balaban J connectivity index is 1.43. The number of imide groups is 1. The van der Waals surface area contributed by atoms with E-state index in [0.29, 0.717) is 11.8 Å². The Morgan fingerprint density at radius 3 is 2.64 bits per heavy atom. The number of aryl methyl sites for hydroxylation is 2. The number of benzene rings is 1. The van der Waals surface area contributed by atoms with Crippen LogP contribution in [0.25, 0.3) is 11.0 Å². The monoisotopic (exact) mass is 382 g/mol. The van der Waals surface area contributed by atoms with E-state index in [-0.39, 0.29) is 23.9 Å². The standard InChI is InChI=1S/C21H26N4O3/c1-24-18-14(6-5-13-9-21(10-13)11-22-12-21)3-2-4-15(18)25(20(24)28)16-7-8-17(26)23-19(16)27/h2-4,13,16,22H,5-12H2,1H3,(H,23,26,27). The molecular formula is C21H26N4O3. The zero-order valence-corrected chi connectivity index (χ0v) is 16.2. The van der Waals surface area contributed by atoms with Gasteiger partial charge in [0.15, 0.2) is 0 Å². The van der Waals surface area contributed by atoms with E-state index in [1.807, 2.05) is 12.1 Å². The quantitative estimate of drug-likeness (QED) is 0.780. The van der Waals surface area contributed by atoms with Crippen molar-refractivity contribution in [1.29, 1.82) is 0 Å². The van der Waals surface area contributed by atoms with Crippen molar-refractivity contribution in [3.05, 3.63) is 34.2 Å². The van der Waals surface area contributed by atoms with Crippen molar-refractivity contribution < 1.29 is 9.59 Å². The number of amides is 2. The van der Waals surface area contributed by atoms with Crippen molar-refractivity contribution in [1.82, 2.24) is 19.8 Å². The first kappa shape index (κ1) is 17.7. The first-order valence-electron chi connectivity index (χ1n) is 10.2. The average molecular weight is 382 g/mol. The van der Waals surface area contributed by atoms with Crippen molar-refractivity contribution in [2.45, 2.75) is 44.6 Å². The highest BCUT2D eigenvalue weighted by Crippen LogP contribution is 2.50. The maximum atomic E-state index is 13.0. The van der Waals surface area contributed by atoms with Crippen LogP contribution in [0.4, 0.5) is 0 Å². The first-order valence-corrected chi connectivity index (χ1v) is 10.2. The Morgan fingerprint density at radius 2 is 1.96 bits per heavy atom. The fourth-order valence-corrected chi connectivity index (χ4v) is 5.45. The first-order chi connectivity index (χ1) is 13.5. The molecule has 5 rings (SSSR count). The molecule has 7 heteroatoms. The lowest BCUT2D eigenvalue weighted by atomic mass is 9.57. The Bertz CT molecular complexity index is 1020. The smallest absolute Gasteiger partial charge is 0.316 e. The maximum Gasteiger partial charge on any atom is 0.329 e. The number of piperidine rings is 1. The SMILES string of the molecule is Cn1c(=O)n(C2CCC(=O)NC2=O)c2cccc(CCC3CC4(CNC4)C3)c21. The Kier molecular flexibility index (Phi) is 3.98. The number of rotatable bonds is 4. The number of nitrogens with one attached hydrogen (secondary N) is 2. The van der Waals surface area contributed by atoms with Crippen LogP contribution in [0.3, 0.4) is 0 Å². The van der Waals surface area contributed by atoms with Gasteiger partial charge in [0.05, 0.1) is 11.0 Å². The molecule has 28 heavy (non-hydrogen) atoms. The third-order valence-corrected chi connectivity index (χ3v) is 6.97. The summed E-state index contributed by atoms with van der Waals surface area (Å²) >= 11 is 0. The molecule has 2 saturated heterocycles.